The standard InChI is InChI=1S/C14H24N2O3/c1-19-7-6-14(4-5-14)10-15-13(18)16-12-3-2-11(8-12)9-17/h2-3,11-12,17H,4-10H2,1H3,(H2,15,16,18)/t11-,12+/m0/s1. The van der Waals surface area contributed by atoms with Crippen molar-refractivity contribution in [3.8, 4) is 0 Å². The Labute approximate surface area is 114 Å². The minimum Gasteiger partial charge on any atom is -0.396 e. The molecule has 0 bridgehead atoms. The molecular formula is C14H24N2O3. The first-order chi connectivity index (χ1) is 9.17. The van der Waals surface area contributed by atoms with Gasteiger partial charge in [0, 0.05) is 38.8 Å². The van der Waals surface area contributed by atoms with Crippen LogP contribution in [0.5, 0.6) is 0 Å². The Kier molecular flexibility index (Phi) is 4.82. The summed E-state index contributed by atoms with van der Waals surface area (Å²) in [6, 6.07) is -0.0665. The van der Waals surface area contributed by atoms with Gasteiger partial charge in [-0.15, -0.1) is 0 Å². The van der Waals surface area contributed by atoms with Crippen molar-refractivity contribution in [2.45, 2.75) is 31.7 Å². The SMILES string of the molecule is COCCC1(CNC(=O)N[C@@H]2C=C[C@H](CO)C2)CC1. The molecule has 19 heavy (non-hydrogen) atoms. The molecule has 0 aromatic carbocycles. The summed E-state index contributed by atoms with van der Waals surface area (Å²) in [5.74, 6) is 0.182. The van der Waals surface area contributed by atoms with Gasteiger partial charge in [-0.1, -0.05) is 12.2 Å². The van der Waals surface area contributed by atoms with Gasteiger partial charge in [0.15, 0.2) is 0 Å². The largest absolute Gasteiger partial charge is 0.396 e. The molecule has 2 rings (SSSR count). The number of aliphatic hydroxyl groups excluding tert-OH is 1. The number of amides is 2. The van der Waals surface area contributed by atoms with E-state index in [-0.39, 0.29) is 30.0 Å². The van der Waals surface area contributed by atoms with Crippen molar-refractivity contribution >= 4 is 6.03 Å². The first-order valence-corrected chi connectivity index (χ1v) is 7.00. The first kappa shape index (κ1) is 14.3. The van der Waals surface area contributed by atoms with E-state index in [1.165, 1.54) is 12.8 Å². The highest BCUT2D eigenvalue weighted by molar-refractivity contribution is 5.74. The van der Waals surface area contributed by atoms with E-state index in [1.807, 2.05) is 12.2 Å². The van der Waals surface area contributed by atoms with Crippen LogP contribution < -0.4 is 10.6 Å². The summed E-state index contributed by atoms with van der Waals surface area (Å²) in [7, 11) is 1.71. The van der Waals surface area contributed by atoms with Crippen molar-refractivity contribution in [1.29, 1.82) is 0 Å². The van der Waals surface area contributed by atoms with Crippen LogP contribution in [-0.2, 0) is 4.74 Å². The monoisotopic (exact) mass is 268 g/mol. The molecule has 0 unspecified atom stereocenters. The van der Waals surface area contributed by atoms with Crippen LogP contribution in [0.2, 0.25) is 0 Å². The van der Waals surface area contributed by atoms with E-state index < -0.39 is 0 Å². The van der Waals surface area contributed by atoms with Crippen molar-refractivity contribution in [2.24, 2.45) is 11.3 Å². The number of hydrogen-bond donors (Lipinski definition) is 3. The molecule has 2 atom stereocenters. The van der Waals surface area contributed by atoms with Crippen LogP contribution in [-0.4, -0.2) is 44.0 Å². The number of carbonyl (C=O) groups excluding carboxylic acids is 1. The topological polar surface area (TPSA) is 70.6 Å². The highest BCUT2D eigenvalue weighted by atomic mass is 16.5. The molecule has 1 fully saturated rings. The number of carbonyl (C=O) groups is 1. The van der Waals surface area contributed by atoms with Crippen molar-refractivity contribution < 1.29 is 14.6 Å². The van der Waals surface area contributed by atoms with Crippen LogP contribution in [0.1, 0.15) is 25.7 Å². The maximum Gasteiger partial charge on any atom is 0.315 e. The van der Waals surface area contributed by atoms with E-state index >= 15 is 0 Å². The molecule has 5 heteroatoms. The van der Waals surface area contributed by atoms with Gasteiger partial charge in [0.25, 0.3) is 0 Å². The average molecular weight is 268 g/mol. The summed E-state index contributed by atoms with van der Waals surface area (Å²) >= 11 is 0. The highest BCUT2D eigenvalue weighted by Crippen LogP contribution is 2.48. The summed E-state index contributed by atoms with van der Waals surface area (Å²) in [6.45, 7) is 1.63. The summed E-state index contributed by atoms with van der Waals surface area (Å²) in [4.78, 5) is 11.8. The number of rotatable bonds is 7. The number of hydrogen-bond acceptors (Lipinski definition) is 3. The summed E-state index contributed by atoms with van der Waals surface area (Å²) in [5, 5.41) is 14.9. The molecule has 3 N–H and O–H groups in total. The number of urea groups is 1. The number of aliphatic hydroxyl groups is 1. The minimum atomic E-state index is -0.114. The second kappa shape index (κ2) is 6.39. The predicted octanol–water partition coefficient (Wildman–Crippen LogP) is 1.04. The zero-order chi connectivity index (χ0) is 13.7. The van der Waals surface area contributed by atoms with Gasteiger partial charge in [-0.2, -0.15) is 0 Å². The van der Waals surface area contributed by atoms with E-state index in [2.05, 4.69) is 10.6 Å². The summed E-state index contributed by atoms with van der Waals surface area (Å²) in [6.07, 6.45) is 8.07. The van der Waals surface area contributed by atoms with Crippen LogP contribution in [0.25, 0.3) is 0 Å². The van der Waals surface area contributed by atoms with Crippen molar-refractivity contribution in [2.75, 3.05) is 26.9 Å². The Morgan fingerprint density at radius 3 is 2.84 bits per heavy atom. The van der Waals surface area contributed by atoms with Gasteiger partial charge in [-0.05, 0) is 31.1 Å². The fourth-order valence-electron chi connectivity index (χ4n) is 2.51. The van der Waals surface area contributed by atoms with Gasteiger partial charge in [0.2, 0.25) is 0 Å². The minimum absolute atomic E-state index is 0.0475. The molecule has 0 heterocycles. The maximum absolute atomic E-state index is 11.8. The number of nitrogens with one attached hydrogen (secondary N) is 2. The fraction of sp³-hybridized carbons (Fsp3) is 0.786. The average Bonchev–Trinajstić information content (AvgIpc) is 3.05. The van der Waals surface area contributed by atoms with E-state index in [0.29, 0.717) is 0 Å². The maximum atomic E-state index is 11.8. The molecule has 2 aliphatic carbocycles. The van der Waals surface area contributed by atoms with Crippen LogP contribution in [0.4, 0.5) is 4.79 Å². The van der Waals surface area contributed by atoms with Gasteiger partial charge in [0.1, 0.15) is 0 Å². The smallest absolute Gasteiger partial charge is 0.315 e. The third-order valence-corrected chi connectivity index (χ3v) is 4.14. The third-order valence-electron chi connectivity index (χ3n) is 4.14. The molecular weight excluding hydrogens is 244 g/mol. The van der Waals surface area contributed by atoms with E-state index in [1.54, 1.807) is 7.11 Å². The third kappa shape index (κ3) is 4.21. The van der Waals surface area contributed by atoms with E-state index in [9.17, 15) is 4.79 Å². The van der Waals surface area contributed by atoms with E-state index in [0.717, 1.165) is 26.0 Å². The van der Waals surface area contributed by atoms with Crippen LogP contribution in [0.3, 0.4) is 0 Å². The van der Waals surface area contributed by atoms with Gasteiger partial charge < -0.3 is 20.5 Å². The molecule has 2 aliphatic rings. The second-order valence-electron chi connectivity index (χ2n) is 5.74. The zero-order valence-electron chi connectivity index (χ0n) is 11.5. The van der Waals surface area contributed by atoms with E-state index in [4.69, 9.17) is 9.84 Å². The fourth-order valence-corrected chi connectivity index (χ4v) is 2.51. The normalized spacial score (nSPS) is 27.3. The van der Waals surface area contributed by atoms with Crippen molar-refractivity contribution in [1.82, 2.24) is 10.6 Å². The Morgan fingerprint density at radius 2 is 2.26 bits per heavy atom. The molecule has 108 valence electrons. The lowest BCUT2D eigenvalue weighted by Crippen LogP contribution is -2.43. The summed E-state index contributed by atoms with van der Waals surface area (Å²) in [5.41, 5.74) is 0.270. The first-order valence-electron chi connectivity index (χ1n) is 7.00. The predicted molar refractivity (Wildman–Crippen MR) is 72.8 cm³/mol. The van der Waals surface area contributed by atoms with Crippen molar-refractivity contribution in [3.05, 3.63) is 12.2 Å². The van der Waals surface area contributed by atoms with Crippen LogP contribution in [0, 0.1) is 11.3 Å². The molecule has 0 spiro atoms. The second-order valence-corrected chi connectivity index (χ2v) is 5.74. The van der Waals surface area contributed by atoms with Gasteiger partial charge in [0.05, 0.1) is 0 Å². The molecule has 0 aromatic heterocycles. The van der Waals surface area contributed by atoms with Crippen LogP contribution in [0.15, 0.2) is 12.2 Å². The summed E-state index contributed by atoms with van der Waals surface area (Å²) < 4.78 is 5.10. The Bertz CT molecular complexity index is 340. The molecule has 1 saturated carbocycles. The Morgan fingerprint density at radius 1 is 1.47 bits per heavy atom. The van der Waals surface area contributed by atoms with Gasteiger partial charge in [-0.3, -0.25) is 0 Å². The molecule has 2 amide bonds. The molecule has 0 aromatic rings. The number of ether oxygens (including phenoxy) is 1. The lowest BCUT2D eigenvalue weighted by Gasteiger charge is -2.18. The van der Waals surface area contributed by atoms with Gasteiger partial charge in [-0.25, -0.2) is 4.79 Å². The Hall–Kier alpha value is -1.07. The molecule has 0 saturated heterocycles. The molecule has 0 aliphatic heterocycles. The lowest BCUT2D eigenvalue weighted by atomic mass is 10.0. The highest BCUT2D eigenvalue weighted by Gasteiger charge is 2.42. The number of methoxy groups -OCH3 is 1. The zero-order valence-corrected chi connectivity index (χ0v) is 11.5. The quantitative estimate of drug-likeness (QED) is 0.604. The lowest BCUT2D eigenvalue weighted by molar-refractivity contribution is 0.171. The Balaban J connectivity index is 1.64. The molecule has 5 nitrogen and oxygen atoms in total. The molecule has 0 radical (unpaired) electrons. The van der Waals surface area contributed by atoms with Crippen LogP contribution >= 0.6 is 0 Å². The van der Waals surface area contributed by atoms with Gasteiger partial charge >= 0.3 is 6.03 Å². The van der Waals surface area contributed by atoms with Crippen molar-refractivity contribution in [3.63, 3.8) is 0 Å².